The number of H-pyrrole nitrogens is 1. The van der Waals surface area contributed by atoms with Gasteiger partial charge in [0.25, 0.3) is 0 Å². The molecule has 7 nitrogen and oxygen atoms in total. The van der Waals surface area contributed by atoms with E-state index in [1.807, 2.05) is 53.8 Å². The monoisotopic (exact) mass is 425 g/mol. The van der Waals surface area contributed by atoms with Crippen LogP contribution in [0.2, 0.25) is 0 Å². The first-order valence-corrected chi connectivity index (χ1v) is 11.6. The second-order valence-electron chi connectivity index (χ2n) is 7.79. The van der Waals surface area contributed by atoms with Crippen LogP contribution in [0.15, 0.2) is 34.2 Å². The van der Waals surface area contributed by atoms with E-state index >= 15 is 0 Å². The highest BCUT2D eigenvalue weighted by atomic mass is 32.2. The van der Waals surface area contributed by atoms with Crippen molar-refractivity contribution in [2.45, 2.75) is 50.7 Å². The van der Waals surface area contributed by atoms with Gasteiger partial charge < -0.3 is 9.88 Å². The zero-order chi connectivity index (χ0) is 21.3. The van der Waals surface area contributed by atoms with E-state index in [1.54, 1.807) is 0 Å². The number of para-hydroxylation sites is 2. The predicted molar refractivity (Wildman–Crippen MR) is 119 cm³/mol. The number of benzene rings is 1. The van der Waals surface area contributed by atoms with E-state index in [0.717, 1.165) is 46.0 Å². The number of thioether (sulfide) groups is 1. The highest BCUT2D eigenvalue weighted by Crippen LogP contribution is 2.25. The lowest BCUT2D eigenvalue weighted by Gasteiger charge is -2.32. The van der Waals surface area contributed by atoms with E-state index in [1.165, 1.54) is 11.8 Å². The molecule has 0 unspecified atom stereocenters. The molecule has 0 spiro atoms. The van der Waals surface area contributed by atoms with E-state index in [0.29, 0.717) is 25.9 Å². The van der Waals surface area contributed by atoms with Crippen LogP contribution in [0.4, 0.5) is 0 Å². The standard InChI is InChI=1S/C22H27N5O2S/c1-14-17(15(2)24-21(23-14)30-3)8-9-20(28)26-12-10-16(11-13-26)27-19-7-5-4-6-18(19)25-22(27)29/h4-7,16H,8-13H2,1-3H3,(H,25,29). The van der Waals surface area contributed by atoms with Crippen molar-refractivity contribution in [3.63, 3.8) is 0 Å². The van der Waals surface area contributed by atoms with Gasteiger partial charge in [0, 0.05) is 36.9 Å². The molecule has 1 N–H and O–H groups in total. The Labute approximate surface area is 179 Å². The first-order valence-electron chi connectivity index (χ1n) is 10.3. The Hall–Kier alpha value is -2.61. The van der Waals surface area contributed by atoms with Crippen LogP contribution in [-0.2, 0) is 11.2 Å². The van der Waals surface area contributed by atoms with Crippen LogP contribution >= 0.6 is 11.8 Å². The molecule has 1 aromatic carbocycles. The predicted octanol–water partition coefficient (Wildman–Crippen LogP) is 3.25. The highest BCUT2D eigenvalue weighted by Gasteiger charge is 2.26. The number of aromatic amines is 1. The van der Waals surface area contributed by atoms with E-state index in [-0.39, 0.29) is 17.6 Å². The molecule has 1 aliphatic rings. The lowest BCUT2D eigenvalue weighted by Crippen LogP contribution is -2.40. The number of imidazole rings is 1. The molecule has 1 amide bonds. The minimum atomic E-state index is -0.0689. The topological polar surface area (TPSA) is 83.9 Å². The fraction of sp³-hybridized carbons (Fsp3) is 0.455. The summed E-state index contributed by atoms with van der Waals surface area (Å²) in [5.41, 5.74) is 4.71. The van der Waals surface area contributed by atoms with Crippen molar-refractivity contribution >= 4 is 28.7 Å². The van der Waals surface area contributed by atoms with Gasteiger partial charge in [0.15, 0.2) is 5.16 Å². The van der Waals surface area contributed by atoms with Crippen LogP contribution in [-0.4, -0.2) is 49.7 Å². The van der Waals surface area contributed by atoms with Crippen molar-refractivity contribution < 1.29 is 4.79 Å². The molecular weight excluding hydrogens is 398 g/mol. The van der Waals surface area contributed by atoms with Crippen LogP contribution in [0.3, 0.4) is 0 Å². The maximum Gasteiger partial charge on any atom is 0.326 e. The molecule has 0 aliphatic carbocycles. The third kappa shape index (κ3) is 4.01. The average Bonchev–Trinajstić information content (AvgIpc) is 3.08. The molecule has 4 rings (SSSR count). The second-order valence-corrected chi connectivity index (χ2v) is 8.56. The van der Waals surface area contributed by atoms with Crippen LogP contribution in [0.1, 0.15) is 42.3 Å². The highest BCUT2D eigenvalue weighted by molar-refractivity contribution is 7.98. The van der Waals surface area contributed by atoms with Gasteiger partial charge in [0.05, 0.1) is 11.0 Å². The number of carbonyl (C=O) groups excluding carboxylic acids is 1. The fourth-order valence-electron chi connectivity index (χ4n) is 4.36. The van der Waals surface area contributed by atoms with Gasteiger partial charge in [0.1, 0.15) is 0 Å². The van der Waals surface area contributed by atoms with Crippen molar-refractivity contribution in [2.75, 3.05) is 19.3 Å². The first-order chi connectivity index (χ1) is 14.5. The number of hydrogen-bond acceptors (Lipinski definition) is 5. The zero-order valence-corrected chi connectivity index (χ0v) is 18.5. The molecule has 3 aromatic rings. The van der Waals surface area contributed by atoms with Gasteiger partial charge in [0.2, 0.25) is 5.91 Å². The lowest BCUT2D eigenvalue weighted by atomic mass is 10.0. The summed E-state index contributed by atoms with van der Waals surface area (Å²) in [6.07, 6.45) is 4.66. The summed E-state index contributed by atoms with van der Waals surface area (Å²) in [5, 5.41) is 0.773. The number of nitrogens with zero attached hydrogens (tertiary/aromatic N) is 4. The SMILES string of the molecule is CSc1nc(C)c(CCC(=O)N2CCC(n3c(=O)[nH]c4ccccc43)CC2)c(C)n1. The van der Waals surface area contributed by atoms with E-state index < -0.39 is 0 Å². The van der Waals surface area contributed by atoms with Gasteiger partial charge in [-0.3, -0.25) is 9.36 Å². The normalized spacial score (nSPS) is 15.1. The number of carbonyl (C=O) groups is 1. The number of amides is 1. The average molecular weight is 426 g/mol. The van der Waals surface area contributed by atoms with Crippen molar-refractivity contribution in [1.29, 1.82) is 0 Å². The number of fused-ring (bicyclic) bond motifs is 1. The van der Waals surface area contributed by atoms with Gasteiger partial charge >= 0.3 is 5.69 Å². The Kier molecular flexibility index (Phi) is 5.94. The zero-order valence-electron chi connectivity index (χ0n) is 17.6. The number of piperidine rings is 1. The molecule has 1 aliphatic heterocycles. The van der Waals surface area contributed by atoms with Gasteiger partial charge in [-0.2, -0.15) is 0 Å². The summed E-state index contributed by atoms with van der Waals surface area (Å²) >= 11 is 1.53. The third-order valence-electron chi connectivity index (χ3n) is 5.98. The number of hydrogen-bond donors (Lipinski definition) is 1. The van der Waals surface area contributed by atoms with Gasteiger partial charge in [-0.1, -0.05) is 23.9 Å². The smallest absolute Gasteiger partial charge is 0.326 e. The molecule has 0 bridgehead atoms. The fourth-order valence-corrected chi connectivity index (χ4v) is 4.82. The number of nitrogens with one attached hydrogen (secondary N) is 1. The molecule has 0 atom stereocenters. The number of aryl methyl sites for hydroxylation is 2. The Balaban J connectivity index is 1.38. The second kappa shape index (κ2) is 8.63. The summed E-state index contributed by atoms with van der Waals surface area (Å²) < 4.78 is 1.86. The summed E-state index contributed by atoms with van der Waals surface area (Å²) in [6, 6.07) is 7.89. The van der Waals surface area contributed by atoms with E-state index in [9.17, 15) is 9.59 Å². The van der Waals surface area contributed by atoms with E-state index in [4.69, 9.17) is 0 Å². The van der Waals surface area contributed by atoms with Crippen molar-refractivity contribution in [3.8, 4) is 0 Å². The van der Waals surface area contributed by atoms with E-state index in [2.05, 4.69) is 15.0 Å². The Bertz CT molecular complexity index is 1100. The molecule has 1 fully saturated rings. The minimum absolute atomic E-state index is 0.0689. The number of aromatic nitrogens is 4. The minimum Gasteiger partial charge on any atom is -0.343 e. The molecule has 3 heterocycles. The molecule has 30 heavy (non-hydrogen) atoms. The molecule has 2 aromatic heterocycles. The molecule has 8 heteroatoms. The molecule has 1 saturated heterocycles. The Morgan fingerprint density at radius 1 is 1.17 bits per heavy atom. The Morgan fingerprint density at radius 2 is 1.83 bits per heavy atom. The number of likely N-dealkylation sites (tertiary alicyclic amines) is 1. The molecule has 0 radical (unpaired) electrons. The van der Waals surface area contributed by atoms with Crippen molar-refractivity contribution in [1.82, 2.24) is 24.4 Å². The molecule has 158 valence electrons. The quantitative estimate of drug-likeness (QED) is 0.501. The molecule has 0 saturated carbocycles. The van der Waals surface area contributed by atoms with Gasteiger partial charge in [-0.05, 0) is 57.1 Å². The third-order valence-corrected chi connectivity index (χ3v) is 6.53. The summed E-state index contributed by atoms with van der Waals surface area (Å²) in [6.45, 7) is 5.32. The summed E-state index contributed by atoms with van der Waals surface area (Å²) in [5.74, 6) is 0.160. The van der Waals surface area contributed by atoms with Crippen LogP contribution in [0, 0.1) is 13.8 Å². The number of rotatable bonds is 5. The van der Waals surface area contributed by atoms with Crippen molar-refractivity contribution in [2.24, 2.45) is 0 Å². The largest absolute Gasteiger partial charge is 0.343 e. The summed E-state index contributed by atoms with van der Waals surface area (Å²) in [7, 11) is 0. The van der Waals surface area contributed by atoms with Crippen LogP contribution in [0.25, 0.3) is 11.0 Å². The molecular formula is C22H27N5O2S. The first kappa shape index (κ1) is 20.7. The maximum atomic E-state index is 12.8. The van der Waals surface area contributed by atoms with Gasteiger partial charge in [-0.15, -0.1) is 0 Å². The lowest BCUT2D eigenvalue weighted by molar-refractivity contribution is -0.132. The van der Waals surface area contributed by atoms with Crippen molar-refractivity contribution in [3.05, 3.63) is 51.7 Å². The van der Waals surface area contributed by atoms with Gasteiger partial charge in [-0.25, -0.2) is 14.8 Å². The Morgan fingerprint density at radius 3 is 2.50 bits per heavy atom. The maximum absolute atomic E-state index is 12.8. The van der Waals surface area contributed by atoms with Crippen LogP contribution in [0.5, 0.6) is 0 Å². The van der Waals surface area contributed by atoms with Crippen LogP contribution < -0.4 is 5.69 Å². The summed E-state index contributed by atoms with van der Waals surface area (Å²) in [4.78, 5) is 39.1.